The maximum atomic E-state index is 5.19. The minimum atomic E-state index is 0.358. The van der Waals surface area contributed by atoms with Crippen molar-refractivity contribution in [2.24, 2.45) is 7.05 Å². The van der Waals surface area contributed by atoms with Gasteiger partial charge >= 0.3 is 0 Å². The highest BCUT2D eigenvalue weighted by Crippen LogP contribution is 2.17. The number of aryl methyl sites for hydroxylation is 1. The molecule has 2 heterocycles. The molecule has 0 fully saturated rings. The van der Waals surface area contributed by atoms with Crippen LogP contribution in [0.2, 0.25) is 0 Å². The van der Waals surface area contributed by atoms with Gasteiger partial charge in [0.25, 0.3) is 0 Å². The first-order valence-corrected chi connectivity index (χ1v) is 5.33. The Bertz CT molecular complexity index is 458. The lowest BCUT2D eigenvalue weighted by Crippen LogP contribution is -2.05. The zero-order chi connectivity index (χ0) is 11.5. The van der Waals surface area contributed by atoms with E-state index in [0.717, 1.165) is 17.4 Å². The quantitative estimate of drug-likeness (QED) is 0.857. The van der Waals surface area contributed by atoms with Gasteiger partial charge in [-0.2, -0.15) is 0 Å². The fraction of sp³-hybridized carbons (Fsp3) is 0.455. The number of anilines is 1. The smallest absolute Gasteiger partial charge is 0.170 e. The van der Waals surface area contributed by atoms with Crippen molar-refractivity contribution in [1.82, 2.24) is 14.7 Å². The van der Waals surface area contributed by atoms with Crippen LogP contribution in [0.4, 0.5) is 5.82 Å². The Hall–Kier alpha value is -1.78. The number of nitrogens with zero attached hydrogens (tertiary/aromatic N) is 3. The van der Waals surface area contributed by atoms with Crippen LogP contribution in [0.5, 0.6) is 0 Å². The molecule has 0 aromatic carbocycles. The van der Waals surface area contributed by atoms with Crippen molar-refractivity contribution in [2.75, 3.05) is 5.32 Å². The lowest BCUT2D eigenvalue weighted by Gasteiger charge is -2.01. The second kappa shape index (κ2) is 4.38. The van der Waals surface area contributed by atoms with Crippen LogP contribution in [0.25, 0.3) is 0 Å². The van der Waals surface area contributed by atoms with Gasteiger partial charge < -0.3 is 14.4 Å². The SMILES string of the molecule is CC(C)c1cc(NCc2nccn2C)no1. The lowest BCUT2D eigenvalue weighted by molar-refractivity contribution is 0.373. The molecule has 0 saturated heterocycles. The zero-order valence-electron chi connectivity index (χ0n) is 9.77. The van der Waals surface area contributed by atoms with Gasteiger partial charge in [0.15, 0.2) is 5.82 Å². The second-order valence-electron chi connectivity index (χ2n) is 4.08. The highest BCUT2D eigenvalue weighted by Gasteiger charge is 2.07. The van der Waals surface area contributed by atoms with Crippen LogP contribution in [-0.4, -0.2) is 14.7 Å². The maximum absolute atomic E-state index is 5.19. The molecule has 2 aromatic rings. The summed E-state index contributed by atoms with van der Waals surface area (Å²) in [6, 6.07) is 1.92. The van der Waals surface area contributed by atoms with Crippen LogP contribution in [0.15, 0.2) is 23.0 Å². The zero-order valence-corrected chi connectivity index (χ0v) is 9.77. The summed E-state index contributed by atoms with van der Waals surface area (Å²) < 4.78 is 7.16. The molecule has 0 unspecified atom stereocenters. The summed E-state index contributed by atoms with van der Waals surface area (Å²) in [7, 11) is 1.96. The molecule has 0 bridgehead atoms. The van der Waals surface area contributed by atoms with Crippen molar-refractivity contribution in [3.8, 4) is 0 Å². The Morgan fingerprint density at radius 2 is 2.31 bits per heavy atom. The Morgan fingerprint density at radius 3 is 2.88 bits per heavy atom. The van der Waals surface area contributed by atoms with E-state index in [2.05, 4.69) is 29.3 Å². The molecule has 0 spiro atoms. The van der Waals surface area contributed by atoms with E-state index in [0.29, 0.717) is 12.5 Å². The van der Waals surface area contributed by atoms with E-state index in [4.69, 9.17) is 4.52 Å². The van der Waals surface area contributed by atoms with Gasteiger partial charge in [-0.1, -0.05) is 19.0 Å². The molecule has 16 heavy (non-hydrogen) atoms. The third kappa shape index (κ3) is 2.24. The van der Waals surface area contributed by atoms with Crippen LogP contribution in [0.1, 0.15) is 31.4 Å². The van der Waals surface area contributed by atoms with Crippen LogP contribution in [0.3, 0.4) is 0 Å². The molecular weight excluding hydrogens is 204 g/mol. The fourth-order valence-electron chi connectivity index (χ4n) is 1.38. The van der Waals surface area contributed by atoms with Crippen molar-refractivity contribution in [3.05, 3.63) is 30.0 Å². The van der Waals surface area contributed by atoms with Gasteiger partial charge in [-0.05, 0) is 0 Å². The number of nitrogens with one attached hydrogen (secondary N) is 1. The van der Waals surface area contributed by atoms with Crippen LogP contribution >= 0.6 is 0 Å². The van der Waals surface area contributed by atoms with Crippen LogP contribution in [-0.2, 0) is 13.6 Å². The molecule has 0 atom stereocenters. The highest BCUT2D eigenvalue weighted by molar-refractivity contribution is 5.34. The molecule has 0 amide bonds. The number of rotatable bonds is 4. The standard InChI is InChI=1S/C11H16N4O/c1-8(2)9-6-10(14-16-9)13-7-11-12-4-5-15(11)3/h4-6,8H,7H2,1-3H3,(H,13,14). The molecule has 86 valence electrons. The summed E-state index contributed by atoms with van der Waals surface area (Å²) in [4.78, 5) is 4.21. The number of hydrogen-bond donors (Lipinski definition) is 1. The topological polar surface area (TPSA) is 55.9 Å². The van der Waals surface area contributed by atoms with Gasteiger partial charge in [-0.25, -0.2) is 4.98 Å². The first-order chi connectivity index (χ1) is 7.66. The van der Waals surface area contributed by atoms with Crippen molar-refractivity contribution in [1.29, 1.82) is 0 Å². The van der Waals surface area contributed by atoms with E-state index >= 15 is 0 Å². The van der Waals surface area contributed by atoms with Crippen molar-refractivity contribution in [3.63, 3.8) is 0 Å². The van der Waals surface area contributed by atoms with E-state index in [1.165, 1.54) is 0 Å². The van der Waals surface area contributed by atoms with Crippen molar-refractivity contribution >= 4 is 5.82 Å². The van der Waals surface area contributed by atoms with Gasteiger partial charge in [-0.3, -0.25) is 0 Å². The second-order valence-corrected chi connectivity index (χ2v) is 4.08. The molecule has 0 aliphatic rings. The van der Waals surface area contributed by atoms with Crippen LogP contribution in [0, 0.1) is 0 Å². The molecule has 0 radical (unpaired) electrons. The van der Waals surface area contributed by atoms with Gasteiger partial charge in [0, 0.05) is 31.4 Å². The Morgan fingerprint density at radius 1 is 1.50 bits per heavy atom. The molecule has 2 aromatic heterocycles. The Labute approximate surface area is 94.5 Å². The minimum Gasteiger partial charge on any atom is -0.360 e. The van der Waals surface area contributed by atoms with E-state index in [1.54, 1.807) is 6.20 Å². The number of hydrogen-bond acceptors (Lipinski definition) is 4. The van der Waals surface area contributed by atoms with Crippen molar-refractivity contribution < 1.29 is 4.52 Å². The highest BCUT2D eigenvalue weighted by atomic mass is 16.5. The Kier molecular flexibility index (Phi) is 2.94. The number of imidazole rings is 1. The molecule has 1 N–H and O–H groups in total. The summed E-state index contributed by atoms with van der Waals surface area (Å²) in [6.45, 7) is 4.79. The number of aromatic nitrogens is 3. The normalized spacial score (nSPS) is 11.0. The summed E-state index contributed by atoms with van der Waals surface area (Å²) in [6.07, 6.45) is 3.69. The molecule has 5 heteroatoms. The van der Waals surface area contributed by atoms with Gasteiger partial charge in [0.05, 0.1) is 6.54 Å². The lowest BCUT2D eigenvalue weighted by atomic mass is 10.2. The molecule has 2 rings (SSSR count). The van der Waals surface area contributed by atoms with E-state index in [1.807, 2.05) is 23.9 Å². The van der Waals surface area contributed by atoms with Gasteiger partial charge in [-0.15, -0.1) is 0 Å². The first-order valence-electron chi connectivity index (χ1n) is 5.33. The molecule has 0 saturated carbocycles. The minimum absolute atomic E-state index is 0.358. The van der Waals surface area contributed by atoms with Crippen molar-refractivity contribution in [2.45, 2.75) is 26.3 Å². The summed E-state index contributed by atoms with van der Waals surface area (Å²) in [5, 5.41) is 7.12. The Balaban J connectivity index is 1.97. The third-order valence-corrected chi connectivity index (χ3v) is 2.45. The monoisotopic (exact) mass is 220 g/mol. The van der Waals surface area contributed by atoms with E-state index in [9.17, 15) is 0 Å². The predicted octanol–water partition coefficient (Wildman–Crippen LogP) is 2.14. The fourth-order valence-corrected chi connectivity index (χ4v) is 1.38. The largest absolute Gasteiger partial charge is 0.360 e. The average Bonchev–Trinajstić information content (AvgIpc) is 2.83. The first kappa shape index (κ1) is 10.7. The molecule has 5 nitrogen and oxygen atoms in total. The summed E-state index contributed by atoms with van der Waals surface area (Å²) in [5.41, 5.74) is 0. The predicted molar refractivity (Wildman–Crippen MR) is 61.1 cm³/mol. The third-order valence-electron chi connectivity index (χ3n) is 2.45. The maximum Gasteiger partial charge on any atom is 0.170 e. The molecule has 0 aliphatic carbocycles. The van der Waals surface area contributed by atoms with E-state index in [-0.39, 0.29) is 0 Å². The van der Waals surface area contributed by atoms with Gasteiger partial charge in [0.1, 0.15) is 11.6 Å². The van der Waals surface area contributed by atoms with Crippen LogP contribution < -0.4 is 5.32 Å². The molecular formula is C11H16N4O. The van der Waals surface area contributed by atoms with E-state index < -0.39 is 0 Å². The summed E-state index contributed by atoms with van der Waals surface area (Å²) >= 11 is 0. The average molecular weight is 220 g/mol. The molecule has 0 aliphatic heterocycles. The van der Waals surface area contributed by atoms with Gasteiger partial charge in [0.2, 0.25) is 0 Å². The summed E-state index contributed by atoms with van der Waals surface area (Å²) in [5.74, 6) is 2.97.